The number of unbranched alkanes of at least 4 members (excludes halogenated alkanes) is 1. The molecule has 7 nitrogen and oxygen atoms in total. The van der Waals surface area contributed by atoms with Crippen molar-refractivity contribution in [1.82, 2.24) is 25.4 Å². The average Bonchev–Trinajstić information content (AvgIpc) is 2.96. The van der Waals surface area contributed by atoms with E-state index in [1.54, 1.807) is 12.1 Å². The van der Waals surface area contributed by atoms with Crippen LogP contribution in [0.2, 0.25) is 15.1 Å². The standard InChI is InChI=1S/C18H25Cl3N6O/c1-4-5-6-22-18(24-11-16-26-25-12(2)27(16)3)23-7-8-28-17-14(20)9-13(19)10-15(17)21/h9-10H,4-8,11H2,1-3H3,(H2,22,23,24). The second-order valence-corrected chi connectivity index (χ2v) is 7.39. The minimum atomic E-state index is 0.360. The highest BCUT2D eigenvalue weighted by molar-refractivity contribution is 6.40. The van der Waals surface area contributed by atoms with Gasteiger partial charge in [0, 0.05) is 18.6 Å². The van der Waals surface area contributed by atoms with Crippen LogP contribution in [-0.2, 0) is 13.6 Å². The molecule has 0 aliphatic carbocycles. The topological polar surface area (TPSA) is 76.4 Å². The number of guanidine groups is 1. The van der Waals surface area contributed by atoms with E-state index in [0.717, 1.165) is 31.0 Å². The third-order valence-electron chi connectivity index (χ3n) is 3.99. The Balaban J connectivity index is 1.91. The van der Waals surface area contributed by atoms with Crippen molar-refractivity contribution in [3.05, 3.63) is 38.8 Å². The molecule has 1 aromatic heterocycles. The van der Waals surface area contributed by atoms with Crippen molar-refractivity contribution >= 4 is 40.8 Å². The first-order chi connectivity index (χ1) is 13.4. The molecule has 0 unspecified atom stereocenters. The predicted molar refractivity (Wildman–Crippen MR) is 115 cm³/mol. The van der Waals surface area contributed by atoms with Gasteiger partial charge in [-0.2, -0.15) is 0 Å². The summed E-state index contributed by atoms with van der Waals surface area (Å²) >= 11 is 18.2. The summed E-state index contributed by atoms with van der Waals surface area (Å²) in [5.74, 6) is 2.75. The molecule has 0 saturated heterocycles. The van der Waals surface area contributed by atoms with Crippen LogP contribution in [0.25, 0.3) is 0 Å². The number of aryl methyl sites for hydroxylation is 1. The van der Waals surface area contributed by atoms with Crippen LogP contribution in [0.1, 0.15) is 31.4 Å². The summed E-state index contributed by atoms with van der Waals surface area (Å²) in [4.78, 5) is 4.58. The highest BCUT2D eigenvalue weighted by atomic mass is 35.5. The third kappa shape index (κ3) is 6.72. The number of nitrogens with zero attached hydrogens (tertiary/aromatic N) is 4. The van der Waals surface area contributed by atoms with Gasteiger partial charge in [0.1, 0.15) is 19.0 Å². The van der Waals surface area contributed by atoms with Gasteiger partial charge in [0.05, 0.1) is 16.6 Å². The molecule has 0 radical (unpaired) electrons. The molecule has 0 bridgehead atoms. The van der Waals surface area contributed by atoms with Crippen molar-refractivity contribution < 1.29 is 4.74 Å². The number of halogens is 3. The molecule has 0 aliphatic rings. The van der Waals surface area contributed by atoms with Gasteiger partial charge < -0.3 is 19.9 Å². The molecule has 0 amide bonds. The number of aromatic nitrogens is 3. The monoisotopic (exact) mass is 446 g/mol. The smallest absolute Gasteiger partial charge is 0.191 e. The third-order valence-corrected chi connectivity index (χ3v) is 4.77. The minimum absolute atomic E-state index is 0.360. The highest BCUT2D eigenvalue weighted by Crippen LogP contribution is 2.35. The lowest BCUT2D eigenvalue weighted by Crippen LogP contribution is -2.40. The molecule has 28 heavy (non-hydrogen) atoms. The summed E-state index contributed by atoms with van der Waals surface area (Å²) in [7, 11) is 1.92. The first-order valence-corrected chi connectivity index (χ1v) is 10.2. The zero-order chi connectivity index (χ0) is 20.5. The second-order valence-electron chi connectivity index (χ2n) is 6.14. The quantitative estimate of drug-likeness (QED) is 0.345. The number of nitrogens with one attached hydrogen (secondary N) is 2. The number of rotatable bonds is 9. The Morgan fingerprint density at radius 3 is 2.43 bits per heavy atom. The Bertz CT molecular complexity index is 786. The van der Waals surface area contributed by atoms with Gasteiger partial charge in [-0.15, -0.1) is 10.2 Å². The normalized spacial score (nSPS) is 11.6. The van der Waals surface area contributed by atoms with Gasteiger partial charge in [-0.1, -0.05) is 48.1 Å². The van der Waals surface area contributed by atoms with Crippen molar-refractivity contribution in [2.45, 2.75) is 33.2 Å². The largest absolute Gasteiger partial charge is 0.489 e. The molecule has 2 rings (SSSR count). The van der Waals surface area contributed by atoms with E-state index in [1.165, 1.54) is 0 Å². The Morgan fingerprint density at radius 2 is 1.82 bits per heavy atom. The zero-order valence-corrected chi connectivity index (χ0v) is 18.5. The van der Waals surface area contributed by atoms with Crippen molar-refractivity contribution in [2.24, 2.45) is 12.0 Å². The van der Waals surface area contributed by atoms with E-state index in [-0.39, 0.29) is 0 Å². The van der Waals surface area contributed by atoms with Crippen LogP contribution in [0, 0.1) is 6.92 Å². The Labute approximate surface area is 180 Å². The summed E-state index contributed by atoms with van der Waals surface area (Å²) in [6.07, 6.45) is 2.15. The highest BCUT2D eigenvalue weighted by Gasteiger charge is 2.09. The molecule has 154 valence electrons. The van der Waals surface area contributed by atoms with Gasteiger partial charge >= 0.3 is 0 Å². The van der Waals surface area contributed by atoms with Crippen LogP contribution in [0.3, 0.4) is 0 Å². The summed E-state index contributed by atoms with van der Waals surface area (Å²) in [5, 5.41) is 16.0. The molecule has 1 aromatic carbocycles. The Kier molecular flexibility index (Phi) is 9.15. The molecule has 2 N–H and O–H groups in total. The van der Waals surface area contributed by atoms with E-state index >= 15 is 0 Å². The number of ether oxygens (including phenoxy) is 1. The summed E-state index contributed by atoms with van der Waals surface area (Å²) in [5.41, 5.74) is 0. The van der Waals surface area contributed by atoms with E-state index in [1.807, 2.05) is 18.5 Å². The van der Waals surface area contributed by atoms with Crippen LogP contribution in [0.4, 0.5) is 0 Å². The van der Waals surface area contributed by atoms with Crippen LogP contribution in [-0.4, -0.2) is 40.4 Å². The molecule has 0 fully saturated rings. The predicted octanol–water partition coefficient (Wildman–Crippen LogP) is 4.00. The van der Waals surface area contributed by atoms with Crippen molar-refractivity contribution in [2.75, 3.05) is 19.7 Å². The molecule has 0 atom stereocenters. The maximum Gasteiger partial charge on any atom is 0.191 e. The second kappa shape index (κ2) is 11.3. The van der Waals surface area contributed by atoms with Gasteiger partial charge in [0.2, 0.25) is 0 Å². The summed E-state index contributed by atoms with van der Waals surface area (Å²) in [6, 6.07) is 3.19. The lowest BCUT2D eigenvalue weighted by molar-refractivity contribution is 0.322. The van der Waals surface area contributed by atoms with Gasteiger partial charge in [-0.25, -0.2) is 4.99 Å². The van der Waals surface area contributed by atoms with Gasteiger partial charge in [-0.3, -0.25) is 0 Å². The van der Waals surface area contributed by atoms with Gasteiger partial charge in [-0.05, 0) is 25.5 Å². The van der Waals surface area contributed by atoms with E-state index in [4.69, 9.17) is 39.5 Å². The number of benzene rings is 1. The van der Waals surface area contributed by atoms with Crippen molar-refractivity contribution in [1.29, 1.82) is 0 Å². The minimum Gasteiger partial charge on any atom is -0.489 e. The zero-order valence-electron chi connectivity index (χ0n) is 16.2. The lowest BCUT2D eigenvalue weighted by Gasteiger charge is -2.14. The van der Waals surface area contributed by atoms with Crippen LogP contribution < -0.4 is 15.4 Å². The molecule has 10 heteroatoms. The maximum absolute atomic E-state index is 6.13. The fourth-order valence-corrected chi connectivity index (χ4v) is 3.21. The molecule has 2 aromatic rings. The molecular weight excluding hydrogens is 423 g/mol. The van der Waals surface area contributed by atoms with E-state index in [9.17, 15) is 0 Å². The van der Waals surface area contributed by atoms with Crippen LogP contribution in [0.15, 0.2) is 17.1 Å². The lowest BCUT2D eigenvalue weighted by atomic mass is 10.3. The summed E-state index contributed by atoms with van der Waals surface area (Å²) in [6.45, 7) is 6.18. The Morgan fingerprint density at radius 1 is 1.14 bits per heavy atom. The van der Waals surface area contributed by atoms with E-state index in [2.05, 4.69) is 32.7 Å². The molecule has 0 spiro atoms. The van der Waals surface area contributed by atoms with Gasteiger partial charge in [0.25, 0.3) is 0 Å². The number of hydrogen-bond acceptors (Lipinski definition) is 4. The average molecular weight is 448 g/mol. The number of hydrogen-bond donors (Lipinski definition) is 2. The number of aliphatic imine (C=N–C) groups is 1. The fourth-order valence-electron chi connectivity index (χ4n) is 2.29. The Hall–Kier alpha value is -1.70. The summed E-state index contributed by atoms with van der Waals surface area (Å²) < 4.78 is 7.61. The van der Waals surface area contributed by atoms with Gasteiger partial charge in [0.15, 0.2) is 17.5 Å². The maximum atomic E-state index is 6.13. The fraction of sp³-hybridized carbons (Fsp3) is 0.500. The van der Waals surface area contributed by atoms with Crippen molar-refractivity contribution in [3.8, 4) is 5.75 Å². The van der Waals surface area contributed by atoms with Crippen LogP contribution >= 0.6 is 34.8 Å². The first kappa shape index (κ1) is 22.6. The molecule has 0 saturated carbocycles. The first-order valence-electron chi connectivity index (χ1n) is 9.06. The van der Waals surface area contributed by atoms with Crippen LogP contribution in [0.5, 0.6) is 5.75 Å². The molecule has 1 heterocycles. The SMILES string of the molecule is CCCCNC(=NCc1nnc(C)n1C)NCCOc1c(Cl)cc(Cl)cc1Cl. The van der Waals surface area contributed by atoms with E-state index in [0.29, 0.717) is 46.5 Å². The molecule has 0 aliphatic heterocycles. The van der Waals surface area contributed by atoms with E-state index < -0.39 is 0 Å². The van der Waals surface area contributed by atoms with Crippen molar-refractivity contribution in [3.63, 3.8) is 0 Å². The molecular formula is C18H25Cl3N6O.